The van der Waals surface area contributed by atoms with Gasteiger partial charge in [-0.1, -0.05) is 12.1 Å². The van der Waals surface area contributed by atoms with Crippen LogP contribution >= 0.6 is 0 Å². The van der Waals surface area contributed by atoms with Crippen LogP contribution < -0.4 is 22.8 Å². The number of H-pyrrole nitrogens is 1. The van der Waals surface area contributed by atoms with E-state index in [9.17, 15) is 14.9 Å². The molecule has 0 fully saturated rings. The van der Waals surface area contributed by atoms with Gasteiger partial charge in [-0.25, -0.2) is 9.98 Å². The van der Waals surface area contributed by atoms with E-state index in [2.05, 4.69) is 20.0 Å². The molecule has 1 heterocycles. The van der Waals surface area contributed by atoms with Gasteiger partial charge in [-0.15, -0.1) is 0 Å². The van der Waals surface area contributed by atoms with Crippen molar-refractivity contribution in [3.63, 3.8) is 0 Å². The zero-order valence-corrected chi connectivity index (χ0v) is 13.8. The number of guanidine groups is 2. The van der Waals surface area contributed by atoms with E-state index in [-0.39, 0.29) is 34.7 Å². The summed E-state index contributed by atoms with van der Waals surface area (Å²) in [5, 5.41) is 11.5. The summed E-state index contributed by atoms with van der Waals surface area (Å²) in [6.07, 6.45) is 0. The lowest BCUT2D eigenvalue weighted by Crippen LogP contribution is -2.26. The molecule has 0 aliphatic heterocycles. The minimum atomic E-state index is -0.587. The molecule has 0 amide bonds. The zero-order chi connectivity index (χ0) is 19.6. The van der Waals surface area contributed by atoms with Gasteiger partial charge < -0.3 is 22.2 Å². The molecule has 0 spiro atoms. The average molecular weight is 366 g/mol. The Morgan fingerprint density at radius 2 is 1.89 bits per heavy atom. The molecule has 1 aromatic heterocycles. The molecule has 11 heteroatoms. The highest BCUT2D eigenvalue weighted by Crippen LogP contribution is 2.32. The second-order valence-electron chi connectivity index (χ2n) is 5.40. The molecule has 0 aliphatic rings. The van der Waals surface area contributed by atoms with Crippen LogP contribution in [0, 0.1) is 10.1 Å². The fourth-order valence-electron chi connectivity index (χ4n) is 2.42. The third kappa shape index (κ3) is 3.71. The Morgan fingerprint density at radius 3 is 2.59 bits per heavy atom. The van der Waals surface area contributed by atoms with E-state index in [1.165, 1.54) is 18.2 Å². The number of hydrogen-bond acceptors (Lipinski definition) is 5. The summed E-state index contributed by atoms with van der Waals surface area (Å²) in [7, 11) is 0. The molecule has 2 aromatic carbocycles. The number of nitro groups is 1. The first-order valence-electron chi connectivity index (χ1n) is 7.57. The van der Waals surface area contributed by atoms with E-state index in [1.807, 2.05) is 0 Å². The third-order valence-corrected chi connectivity index (χ3v) is 3.54. The molecule has 7 N–H and O–H groups in total. The normalized spacial score (nSPS) is 11.3. The number of aromatic nitrogens is 2. The van der Waals surface area contributed by atoms with E-state index in [1.54, 1.807) is 24.3 Å². The van der Waals surface area contributed by atoms with E-state index in [0.717, 1.165) is 0 Å². The molecule has 0 aliphatic carbocycles. The van der Waals surface area contributed by atoms with Crippen LogP contribution in [0.4, 0.5) is 11.4 Å². The lowest BCUT2D eigenvalue weighted by Gasteiger charge is -2.07. The summed E-state index contributed by atoms with van der Waals surface area (Å²) in [6.45, 7) is 0. The van der Waals surface area contributed by atoms with Crippen LogP contribution in [-0.2, 0) is 0 Å². The van der Waals surface area contributed by atoms with Crippen LogP contribution in [0.5, 0.6) is 0 Å². The fraction of sp³-hybridized carbons (Fsp3) is 0. The summed E-state index contributed by atoms with van der Waals surface area (Å²) in [5.74, 6) is -0.454. The van der Waals surface area contributed by atoms with Crippen LogP contribution in [-0.4, -0.2) is 26.8 Å². The number of nitrogens with one attached hydrogen (secondary N) is 1. The first-order valence-corrected chi connectivity index (χ1v) is 7.57. The Balaban J connectivity index is 2.25. The van der Waals surface area contributed by atoms with Crippen molar-refractivity contribution in [3.8, 4) is 11.4 Å². The summed E-state index contributed by atoms with van der Waals surface area (Å²) < 4.78 is 0. The molecule has 3 rings (SSSR count). The Bertz CT molecular complexity index is 1160. The number of nitrogens with zero attached hydrogens (tertiary/aromatic N) is 4. The highest BCUT2D eigenvalue weighted by molar-refractivity contribution is 5.94. The smallest absolute Gasteiger partial charge is 0.271 e. The minimum Gasteiger partial charge on any atom is -0.370 e. The van der Waals surface area contributed by atoms with Crippen molar-refractivity contribution in [1.29, 1.82) is 0 Å². The van der Waals surface area contributed by atoms with Crippen LogP contribution in [0.1, 0.15) is 0 Å². The summed E-state index contributed by atoms with van der Waals surface area (Å²) in [6, 6.07) is 10.6. The quantitative estimate of drug-likeness (QED) is 0.227. The number of benzene rings is 2. The first kappa shape index (κ1) is 17.5. The van der Waals surface area contributed by atoms with Gasteiger partial charge >= 0.3 is 0 Å². The molecule has 27 heavy (non-hydrogen) atoms. The Labute approximate surface area is 151 Å². The second kappa shape index (κ2) is 6.92. The maximum atomic E-state index is 12.3. The van der Waals surface area contributed by atoms with Gasteiger partial charge in [-0.3, -0.25) is 14.9 Å². The topological polar surface area (TPSA) is 192 Å². The van der Waals surface area contributed by atoms with Gasteiger partial charge in [0.25, 0.3) is 11.2 Å². The molecule has 136 valence electrons. The molecule has 0 radical (unpaired) electrons. The zero-order valence-electron chi connectivity index (χ0n) is 13.8. The average Bonchev–Trinajstić information content (AvgIpc) is 2.60. The standard InChI is InChI=1S/C16H14N8O3/c17-15(18)23-16(19)21-12-7-8(24(26)27)5-6-9(12)13-20-11-4-2-1-3-10(11)14(25)22-13/h1-7H,(H,20,22,25)(H6,17,18,19,21,23). The molecule has 3 aromatic rings. The maximum Gasteiger partial charge on any atom is 0.271 e. The Hall–Kier alpha value is -4.28. The van der Waals surface area contributed by atoms with Crippen molar-refractivity contribution in [1.82, 2.24) is 9.97 Å². The van der Waals surface area contributed by atoms with Crippen molar-refractivity contribution in [3.05, 3.63) is 62.9 Å². The van der Waals surface area contributed by atoms with Gasteiger partial charge in [0, 0.05) is 17.7 Å². The number of hydrogen-bond donors (Lipinski definition) is 4. The first-order chi connectivity index (χ1) is 12.8. The van der Waals surface area contributed by atoms with Crippen LogP contribution in [0.3, 0.4) is 0 Å². The lowest BCUT2D eigenvalue weighted by atomic mass is 10.1. The van der Waals surface area contributed by atoms with Gasteiger partial charge in [0.1, 0.15) is 5.82 Å². The Kier molecular flexibility index (Phi) is 4.49. The number of para-hydroxylation sites is 1. The van der Waals surface area contributed by atoms with Gasteiger partial charge in [-0.2, -0.15) is 4.99 Å². The summed E-state index contributed by atoms with van der Waals surface area (Å²) in [4.78, 5) is 37.4. The summed E-state index contributed by atoms with van der Waals surface area (Å²) in [5.41, 5.74) is 16.4. The van der Waals surface area contributed by atoms with Crippen molar-refractivity contribution >= 4 is 34.2 Å². The highest BCUT2D eigenvalue weighted by Gasteiger charge is 2.15. The molecule has 0 bridgehead atoms. The number of aromatic amines is 1. The predicted molar refractivity (Wildman–Crippen MR) is 102 cm³/mol. The van der Waals surface area contributed by atoms with Gasteiger partial charge in [0.05, 0.1) is 21.5 Å². The van der Waals surface area contributed by atoms with E-state index in [0.29, 0.717) is 16.5 Å². The minimum absolute atomic E-state index is 0.0742. The molecule has 0 atom stereocenters. The van der Waals surface area contributed by atoms with Gasteiger partial charge in [0.2, 0.25) is 5.96 Å². The number of rotatable bonds is 3. The van der Waals surface area contributed by atoms with Crippen LogP contribution in [0.2, 0.25) is 0 Å². The van der Waals surface area contributed by atoms with Gasteiger partial charge in [0.15, 0.2) is 5.96 Å². The van der Waals surface area contributed by atoms with E-state index in [4.69, 9.17) is 17.2 Å². The van der Waals surface area contributed by atoms with Crippen molar-refractivity contribution < 1.29 is 4.92 Å². The van der Waals surface area contributed by atoms with Gasteiger partial charge in [-0.05, 0) is 18.2 Å². The van der Waals surface area contributed by atoms with E-state index < -0.39 is 4.92 Å². The number of nitrogens with two attached hydrogens (primary N) is 3. The van der Waals surface area contributed by atoms with E-state index >= 15 is 0 Å². The highest BCUT2D eigenvalue weighted by atomic mass is 16.6. The monoisotopic (exact) mass is 366 g/mol. The van der Waals surface area contributed by atoms with Crippen LogP contribution in [0.25, 0.3) is 22.3 Å². The number of aliphatic imine (C=N–C) groups is 2. The molecule has 11 nitrogen and oxygen atoms in total. The van der Waals surface area contributed by atoms with Crippen molar-refractivity contribution in [2.75, 3.05) is 0 Å². The number of non-ortho nitro benzene ring substituents is 1. The molecule has 0 saturated carbocycles. The SMILES string of the molecule is NC(N)=NC(N)=Nc1cc([N+](=O)[O-])ccc1-c1nc2ccccc2c(=O)[nH]1. The van der Waals surface area contributed by atoms with Crippen molar-refractivity contribution in [2.24, 2.45) is 27.2 Å². The molecule has 0 unspecified atom stereocenters. The molecular formula is C16H14N8O3. The lowest BCUT2D eigenvalue weighted by molar-refractivity contribution is -0.384. The third-order valence-electron chi connectivity index (χ3n) is 3.54. The molecular weight excluding hydrogens is 352 g/mol. The Morgan fingerprint density at radius 1 is 1.15 bits per heavy atom. The second-order valence-corrected chi connectivity index (χ2v) is 5.40. The maximum absolute atomic E-state index is 12.3. The summed E-state index contributed by atoms with van der Waals surface area (Å²) >= 11 is 0. The largest absolute Gasteiger partial charge is 0.370 e. The van der Waals surface area contributed by atoms with Crippen LogP contribution in [0.15, 0.2) is 57.2 Å². The number of nitro benzene ring substituents is 1. The fourth-order valence-corrected chi connectivity index (χ4v) is 2.42. The van der Waals surface area contributed by atoms with Crippen molar-refractivity contribution in [2.45, 2.75) is 0 Å². The molecule has 0 saturated heterocycles. The predicted octanol–water partition coefficient (Wildman–Crippen LogP) is 0.718. The number of fused-ring (bicyclic) bond motifs is 1.